The smallest absolute Gasteiger partial charge is 0.191 e. The molecule has 0 saturated heterocycles. The van der Waals surface area contributed by atoms with E-state index < -0.39 is 11.3 Å². The normalized spacial score (nSPS) is 23.0. The third kappa shape index (κ3) is 4.48. The lowest BCUT2D eigenvalue weighted by molar-refractivity contribution is 0.170. The second kappa shape index (κ2) is 10.0. The lowest BCUT2D eigenvalue weighted by Gasteiger charge is -2.47. The van der Waals surface area contributed by atoms with Crippen molar-refractivity contribution < 1.29 is 9.47 Å². The van der Waals surface area contributed by atoms with Crippen molar-refractivity contribution in [2.75, 3.05) is 13.2 Å². The van der Waals surface area contributed by atoms with Crippen molar-refractivity contribution in [2.24, 2.45) is 28.4 Å². The minimum Gasteiger partial charge on any atom is -0.490 e. The van der Waals surface area contributed by atoms with E-state index in [1.807, 2.05) is 13.0 Å². The Morgan fingerprint density at radius 2 is 1.77 bits per heavy atom. The van der Waals surface area contributed by atoms with Crippen LogP contribution in [-0.2, 0) is 0 Å². The number of hydrogen-bond acceptors (Lipinski definition) is 7. The molecule has 0 unspecified atom stereocenters. The zero-order valence-corrected chi connectivity index (χ0v) is 21.9. The summed E-state index contributed by atoms with van der Waals surface area (Å²) in [5.74, 6) is 0.160. The number of nitrogens with zero attached hydrogens (tertiary/aromatic N) is 4. The second-order valence-electron chi connectivity index (χ2n) is 9.91. The van der Waals surface area contributed by atoms with E-state index in [-0.39, 0.29) is 35.1 Å². The van der Waals surface area contributed by atoms with Crippen molar-refractivity contribution >= 4 is 15.9 Å². The van der Waals surface area contributed by atoms with Gasteiger partial charge in [0.25, 0.3) is 0 Å². The molecule has 3 atom stereocenters. The summed E-state index contributed by atoms with van der Waals surface area (Å²) in [6.07, 6.45) is 3.55. The highest BCUT2D eigenvalue weighted by Crippen LogP contribution is 2.59. The number of allylic oxidation sites excluding steroid dienone is 4. The minimum atomic E-state index is -1.74. The molecule has 35 heavy (non-hydrogen) atoms. The van der Waals surface area contributed by atoms with Crippen LogP contribution in [0.15, 0.2) is 39.5 Å². The van der Waals surface area contributed by atoms with Crippen molar-refractivity contribution in [2.45, 2.75) is 46.5 Å². The van der Waals surface area contributed by atoms with Gasteiger partial charge in [0, 0.05) is 10.4 Å². The predicted molar refractivity (Wildman–Crippen MR) is 133 cm³/mol. The number of halogens is 1. The molecular weight excluding hydrogens is 506 g/mol. The molecule has 1 aromatic carbocycles. The number of rotatable bonds is 5. The first kappa shape index (κ1) is 26.2. The first-order chi connectivity index (χ1) is 16.6. The van der Waals surface area contributed by atoms with Crippen LogP contribution in [0.3, 0.4) is 0 Å². The number of benzene rings is 1. The summed E-state index contributed by atoms with van der Waals surface area (Å²) in [6.45, 7) is 8.57. The Labute approximate surface area is 215 Å². The lowest BCUT2D eigenvalue weighted by atomic mass is 9.54. The number of nitriles is 4. The number of fused-ring (bicyclic) bond motifs is 1. The molecule has 0 amide bonds. The molecule has 0 radical (unpaired) electrons. The second-order valence-corrected chi connectivity index (χ2v) is 10.8. The summed E-state index contributed by atoms with van der Waals surface area (Å²) in [5.41, 5.74) is 6.40. The molecule has 0 heterocycles. The molecule has 0 spiro atoms. The van der Waals surface area contributed by atoms with Gasteiger partial charge in [-0.05, 0) is 60.3 Å². The van der Waals surface area contributed by atoms with Crippen LogP contribution in [0.25, 0.3) is 0 Å². The molecule has 0 aliphatic heterocycles. The summed E-state index contributed by atoms with van der Waals surface area (Å²) in [4.78, 5) is 0. The van der Waals surface area contributed by atoms with Gasteiger partial charge in [-0.3, -0.25) is 0 Å². The van der Waals surface area contributed by atoms with Crippen molar-refractivity contribution in [1.29, 1.82) is 21.0 Å². The number of ether oxygens (including phenoxy) is 2. The third-order valence-corrected chi connectivity index (χ3v) is 7.78. The standard InChI is InChI=1S/C27H28BrN5O2/c1-5-34-22-11-19(21(28)12-23(22)35-9-8-29)24-18-10-16(26(2,3)4)6-7-17(18)20(13-30)25(33)27(24,14-31)15-32/h7,11-12,16,18,24H,5-6,9-10,33H2,1-4H3/t16-,18+,24-/m1/s1. The topological polar surface area (TPSA) is 140 Å². The molecule has 0 fully saturated rings. The lowest BCUT2D eigenvalue weighted by Crippen LogP contribution is -2.44. The maximum Gasteiger partial charge on any atom is 0.191 e. The Bertz CT molecular complexity index is 1230. The monoisotopic (exact) mass is 533 g/mol. The van der Waals surface area contributed by atoms with Crippen LogP contribution in [-0.4, -0.2) is 13.2 Å². The number of hydrogen-bond donors (Lipinski definition) is 1. The molecular formula is C27H28BrN5O2. The Morgan fingerprint density at radius 3 is 2.31 bits per heavy atom. The molecule has 2 aliphatic carbocycles. The SMILES string of the molecule is CCOc1cc([C@H]2[C@H]3C[C@H](C(C)(C)C)CC=C3C(C#N)=C(N)C2(C#N)C#N)c(Br)cc1OCC#N. The molecule has 0 saturated carbocycles. The van der Waals surface area contributed by atoms with Gasteiger partial charge in [0.05, 0.1) is 30.0 Å². The molecule has 1 aromatic rings. The molecule has 180 valence electrons. The van der Waals surface area contributed by atoms with Crippen LogP contribution in [0.1, 0.15) is 52.0 Å². The van der Waals surface area contributed by atoms with Crippen molar-refractivity contribution in [1.82, 2.24) is 0 Å². The molecule has 7 nitrogen and oxygen atoms in total. The highest BCUT2D eigenvalue weighted by atomic mass is 79.9. The average Bonchev–Trinajstić information content (AvgIpc) is 2.83. The first-order valence-corrected chi connectivity index (χ1v) is 12.3. The van der Waals surface area contributed by atoms with Crippen LogP contribution >= 0.6 is 15.9 Å². The van der Waals surface area contributed by atoms with E-state index >= 15 is 0 Å². The minimum absolute atomic E-state index is 0.00323. The van der Waals surface area contributed by atoms with Gasteiger partial charge >= 0.3 is 0 Å². The fourth-order valence-corrected chi connectivity index (χ4v) is 5.79. The van der Waals surface area contributed by atoms with Gasteiger partial charge in [-0.25, -0.2) is 0 Å². The Hall–Kier alpha value is -3.46. The largest absolute Gasteiger partial charge is 0.490 e. The number of nitrogens with two attached hydrogens (primary N) is 1. The fraction of sp³-hybridized carbons (Fsp3) is 0.481. The Morgan fingerprint density at radius 1 is 1.11 bits per heavy atom. The zero-order valence-electron chi connectivity index (χ0n) is 20.4. The quantitative estimate of drug-likeness (QED) is 0.517. The highest BCUT2D eigenvalue weighted by Gasteiger charge is 2.55. The van der Waals surface area contributed by atoms with Gasteiger partial charge in [0.15, 0.2) is 23.5 Å². The van der Waals surface area contributed by atoms with E-state index in [0.29, 0.717) is 34.6 Å². The van der Waals surface area contributed by atoms with Crippen molar-refractivity contribution in [3.05, 3.63) is 45.1 Å². The van der Waals surface area contributed by atoms with Crippen LogP contribution in [0.4, 0.5) is 0 Å². The molecule has 2 aliphatic rings. The Kier molecular flexibility index (Phi) is 7.50. The van der Waals surface area contributed by atoms with Gasteiger partial charge in [0.2, 0.25) is 0 Å². The van der Waals surface area contributed by atoms with E-state index in [1.165, 1.54) is 0 Å². The third-order valence-electron chi connectivity index (χ3n) is 7.09. The maximum atomic E-state index is 10.4. The summed E-state index contributed by atoms with van der Waals surface area (Å²) in [6, 6.07) is 12.0. The van der Waals surface area contributed by atoms with Crippen molar-refractivity contribution in [3.8, 4) is 35.8 Å². The molecule has 0 aromatic heterocycles. The van der Waals surface area contributed by atoms with E-state index in [9.17, 15) is 15.8 Å². The highest BCUT2D eigenvalue weighted by molar-refractivity contribution is 9.10. The summed E-state index contributed by atoms with van der Waals surface area (Å²) >= 11 is 3.61. The molecule has 8 heteroatoms. The fourth-order valence-electron chi connectivity index (χ4n) is 5.22. The first-order valence-electron chi connectivity index (χ1n) is 11.5. The predicted octanol–water partition coefficient (Wildman–Crippen LogP) is 5.62. The summed E-state index contributed by atoms with van der Waals surface area (Å²) < 4.78 is 12.0. The van der Waals surface area contributed by atoms with Crippen molar-refractivity contribution in [3.63, 3.8) is 0 Å². The van der Waals surface area contributed by atoms with E-state index in [1.54, 1.807) is 12.1 Å². The van der Waals surface area contributed by atoms with Crippen LogP contribution < -0.4 is 15.2 Å². The molecule has 3 rings (SSSR count). The molecule has 0 bridgehead atoms. The zero-order chi connectivity index (χ0) is 26.0. The van der Waals surface area contributed by atoms with Gasteiger partial charge in [-0.1, -0.05) is 42.8 Å². The van der Waals surface area contributed by atoms with E-state index in [4.69, 9.17) is 20.5 Å². The maximum absolute atomic E-state index is 10.4. The van der Waals surface area contributed by atoms with Gasteiger partial charge in [-0.2, -0.15) is 21.0 Å². The van der Waals surface area contributed by atoms with Crippen LogP contribution in [0.2, 0.25) is 0 Å². The van der Waals surface area contributed by atoms with Gasteiger partial charge in [-0.15, -0.1) is 0 Å². The average molecular weight is 534 g/mol. The van der Waals surface area contributed by atoms with Gasteiger partial charge in [0.1, 0.15) is 12.1 Å². The van der Waals surface area contributed by atoms with E-state index in [2.05, 4.69) is 61.0 Å². The summed E-state index contributed by atoms with van der Waals surface area (Å²) in [5, 5.41) is 39.7. The molecule has 2 N–H and O–H groups in total. The van der Waals surface area contributed by atoms with E-state index in [0.717, 1.165) is 12.0 Å². The summed E-state index contributed by atoms with van der Waals surface area (Å²) in [7, 11) is 0. The van der Waals surface area contributed by atoms with Gasteiger partial charge < -0.3 is 15.2 Å². The van der Waals surface area contributed by atoms with Crippen LogP contribution in [0, 0.1) is 68.0 Å². The Balaban J connectivity index is 2.33. The van der Waals surface area contributed by atoms with Crippen LogP contribution in [0.5, 0.6) is 11.5 Å².